The van der Waals surface area contributed by atoms with Gasteiger partial charge in [0, 0.05) is 11.1 Å². The number of amides is 1. The summed E-state index contributed by atoms with van der Waals surface area (Å²) >= 11 is 0. The van der Waals surface area contributed by atoms with E-state index in [1.165, 1.54) is 11.1 Å². The van der Waals surface area contributed by atoms with E-state index in [4.69, 9.17) is 5.73 Å². The van der Waals surface area contributed by atoms with Crippen molar-refractivity contribution in [3.63, 3.8) is 0 Å². The highest BCUT2D eigenvalue weighted by molar-refractivity contribution is 5.96. The summed E-state index contributed by atoms with van der Waals surface area (Å²) in [4.78, 5) is 12.4. The van der Waals surface area contributed by atoms with E-state index in [1.54, 1.807) is 0 Å². The fourth-order valence-corrected chi connectivity index (χ4v) is 2.16. The topological polar surface area (TPSA) is 55.1 Å². The van der Waals surface area contributed by atoms with Crippen LogP contribution in [0.4, 0.5) is 5.69 Å². The van der Waals surface area contributed by atoms with E-state index in [-0.39, 0.29) is 5.91 Å². The molecule has 106 valence electrons. The van der Waals surface area contributed by atoms with Gasteiger partial charge < -0.3 is 11.1 Å². The molecule has 0 aromatic heterocycles. The molecule has 0 radical (unpaired) electrons. The Morgan fingerprint density at radius 1 is 1.21 bits per heavy atom. The molecule has 3 heteroatoms. The zero-order chi connectivity index (χ0) is 14.5. The van der Waals surface area contributed by atoms with Gasteiger partial charge in [0.05, 0.1) is 0 Å². The lowest BCUT2D eigenvalue weighted by Crippen LogP contribution is -2.33. The van der Waals surface area contributed by atoms with Gasteiger partial charge in [-0.3, -0.25) is 4.79 Å². The first kappa shape index (κ1) is 15.7. The predicted octanol–water partition coefficient (Wildman–Crippen LogP) is 3.12. The van der Waals surface area contributed by atoms with Crippen LogP contribution in [-0.2, 0) is 17.6 Å². The number of hydrogen-bond acceptors (Lipinski definition) is 2. The molecule has 0 aliphatic carbocycles. The quantitative estimate of drug-likeness (QED) is 0.827. The Hall–Kier alpha value is -1.35. The van der Waals surface area contributed by atoms with Crippen molar-refractivity contribution in [1.82, 2.24) is 0 Å². The summed E-state index contributed by atoms with van der Waals surface area (Å²) in [5.74, 6) is 0.0496. The van der Waals surface area contributed by atoms with Gasteiger partial charge in [-0.15, -0.1) is 0 Å². The smallest absolute Gasteiger partial charge is 0.230 e. The van der Waals surface area contributed by atoms with Gasteiger partial charge in [-0.25, -0.2) is 0 Å². The lowest BCUT2D eigenvalue weighted by Gasteiger charge is -2.24. The molecule has 0 aliphatic heterocycles. The molecule has 0 bridgehead atoms. The Kier molecular flexibility index (Phi) is 5.55. The third-order valence-electron chi connectivity index (χ3n) is 3.62. The number of nitrogens with one attached hydrogen (secondary N) is 1. The van der Waals surface area contributed by atoms with E-state index in [9.17, 15) is 4.79 Å². The molecule has 1 rings (SSSR count). The minimum Gasteiger partial charge on any atom is -0.330 e. The van der Waals surface area contributed by atoms with Crippen LogP contribution in [0.25, 0.3) is 0 Å². The zero-order valence-corrected chi connectivity index (χ0v) is 12.5. The van der Waals surface area contributed by atoms with Crippen molar-refractivity contribution < 1.29 is 4.79 Å². The minimum absolute atomic E-state index is 0.0496. The van der Waals surface area contributed by atoms with E-state index in [1.807, 2.05) is 13.8 Å². The number of aryl methyl sites for hydroxylation is 2. The highest BCUT2D eigenvalue weighted by Crippen LogP contribution is 2.27. The number of hydrogen-bond donors (Lipinski definition) is 2. The minimum atomic E-state index is -0.430. The summed E-state index contributed by atoms with van der Waals surface area (Å²) < 4.78 is 0. The summed E-state index contributed by atoms with van der Waals surface area (Å²) in [6.45, 7) is 8.62. The molecule has 0 saturated carbocycles. The number of nitrogens with two attached hydrogens (primary N) is 1. The molecule has 1 aromatic rings. The average Bonchev–Trinajstić information content (AvgIpc) is 2.38. The Balaban J connectivity index is 3.01. The normalized spacial score (nSPS) is 11.4. The van der Waals surface area contributed by atoms with Crippen LogP contribution < -0.4 is 11.1 Å². The monoisotopic (exact) mass is 262 g/mol. The van der Waals surface area contributed by atoms with E-state index < -0.39 is 5.41 Å². The average molecular weight is 262 g/mol. The second kappa shape index (κ2) is 6.71. The summed E-state index contributed by atoms with van der Waals surface area (Å²) in [6, 6.07) is 6.20. The third-order valence-corrected chi connectivity index (χ3v) is 3.62. The molecule has 0 atom stereocenters. The molecule has 19 heavy (non-hydrogen) atoms. The van der Waals surface area contributed by atoms with Crippen molar-refractivity contribution >= 4 is 11.6 Å². The number of anilines is 1. The first-order valence-corrected chi connectivity index (χ1v) is 7.08. The van der Waals surface area contributed by atoms with Gasteiger partial charge in [0.15, 0.2) is 0 Å². The lowest BCUT2D eigenvalue weighted by molar-refractivity contribution is -0.124. The maximum absolute atomic E-state index is 12.4. The van der Waals surface area contributed by atoms with Crippen molar-refractivity contribution in [3.8, 4) is 0 Å². The van der Waals surface area contributed by atoms with Gasteiger partial charge in [-0.1, -0.05) is 45.9 Å². The fourth-order valence-electron chi connectivity index (χ4n) is 2.16. The summed E-state index contributed by atoms with van der Waals surface area (Å²) in [7, 11) is 0. The number of benzene rings is 1. The third kappa shape index (κ3) is 3.80. The van der Waals surface area contributed by atoms with Crippen molar-refractivity contribution in [3.05, 3.63) is 29.3 Å². The first-order chi connectivity index (χ1) is 8.96. The molecule has 1 aromatic carbocycles. The molecule has 3 N–H and O–H groups in total. The second-order valence-electron chi connectivity index (χ2n) is 5.54. The molecule has 0 fully saturated rings. The lowest BCUT2D eigenvalue weighted by atomic mass is 9.88. The van der Waals surface area contributed by atoms with E-state index in [0.29, 0.717) is 13.0 Å². The van der Waals surface area contributed by atoms with Gasteiger partial charge in [0.1, 0.15) is 0 Å². The second-order valence-corrected chi connectivity index (χ2v) is 5.54. The summed E-state index contributed by atoms with van der Waals surface area (Å²) in [5, 5.41) is 3.11. The predicted molar refractivity (Wildman–Crippen MR) is 81.3 cm³/mol. The molecule has 0 spiro atoms. The maximum Gasteiger partial charge on any atom is 0.230 e. The van der Waals surface area contributed by atoms with E-state index >= 15 is 0 Å². The molecule has 3 nitrogen and oxygen atoms in total. The number of rotatable bonds is 6. The molecule has 0 unspecified atom stereocenters. The number of carbonyl (C=O) groups is 1. The van der Waals surface area contributed by atoms with Crippen LogP contribution >= 0.6 is 0 Å². The fraction of sp³-hybridized carbons (Fsp3) is 0.562. The molecule has 0 heterocycles. The standard InChI is InChI=1S/C16H26N2O/c1-5-12-8-7-9-13(6-2)14(12)18-15(19)16(3,4)10-11-17/h7-9H,5-6,10-11,17H2,1-4H3,(H,18,19). The van der Waals surface area contributed by atoms with Gasteiger partial charge in [-0.05, 0) is 36.9 Å². The van der Waals surface area contributed by atoms with Crippen LogP contribution in [0.3, 0.4) is 0 Å². The van der Waals surface area contributed by atoms with Crippen molar-refractivity contribution in [2.24, 2.45) is 11.1 Å². The highest BCUT2D eigenvalue weighted by Gasteiger charge is 2.27. The van der Waals surface area contributed by atoms with Crippen LogP contribution in [0.15, 0.2) is 18.2 Å². The van der Waals surface area contributed by atoms with Crippen LogP contribution in [0.2, 0.25) is 0 Å². The van der Waals surface area contributed by atoms with Crippen molar-refractivity contribution in [2.45, 2.75) is 47.0 Å². The largest absolute Gasteiger partial charge is 0.330 e. The van der Waals surface area contributed by atoms with Crippen molar-refractivity contribution in [1.29, 1.82) is 0 Å². The van der Waals surface area contributed by atoms with Gasteiger partial charge in [-0.2, -0.15) is 0 Å². The Morgan fingerprint density at radius 3 is 2.16 bits per heavy atom. The molecule has 1 amide bonds. The SMILES string of the molecule is CCc1cccc(CC)c1NC(=O)C(C)(C)CCN. The van der Waals surface area contributed by atoms with Crippen LogP contribution in [0.1, 0.15) is 45.2 Å². The van der Waals surface area contributed by atoms with Crippen LogP contribution in [-0.4, -0.2) is 12.5 Å². The Morgan fingerprint density at radius 2 is 1.74 bits per heavy atom. The Bertz CT molecular complexity index is 416. The Labute approximate surface area is 116 Å². The van der Waals surface area contributed by atoms with Gasteiger partial charge >= 0.3 is 0 Å². The van der Waals surface area contributed by atoms with Crippen LogP contribution in [0.5, 0.6) is 0 Å². The molecule has 0 aliphatic rings. The number of carbonyl (C=O) groups excluding carboxylic acids is 1. The van der Waals surface area contributed by atoms with E-state index in [2.05, 4.69) is 37.4 Å². The first-order valence-electron chi connectivity index (χ1n) is 7.08. The molecule has 0 saturated heterocycles. The van der Waals surface area contributed by atoms with E-state index in [0.717, 1.165) is 18.5 Å². The number of para-hydroxylation sites is 1. The zero-order valence-electron chi connectivity index (χ0n) is 12.5. The van der Waals surface area contributed by atoms with Crippen molar-refractivity contribution in [2.75, 3.05) is 11.9 Å². The maximum atomic E-state index is 12.4. The molecular weight excluding hydrogens is 236 g/mol. The summed E-state index contributed by atoms with van der Waals surface area (Å²) in [6.07, 6.45) is 2.52. The van der Waals surface area contributed by atoms with Gasteiger partial charge in [0.2, 0.25) is 5.91 Å². The highest BCUT2D eigenvalue weighted by atomic mass is 16.2. The molecular formula is C16H26N2O. The van der Waals surface area contributed by atoms with Gasteiger partial charge in [0.25, 0.3) is 0 Å². The summed E-state index contributed by atoms with van der Waals surface area (Å²) in [5.41, 5.74) is 8.52. The van der Waals surface area contributed by atoms with Crippen LogP contribution in [0, 0.1) is 5.41 Å².